The van der Waals surface area contributed by atoms with Crippen molar-refractivity contribution in [1.82, 2.24) is 5.32 Å². The highest BCUT2D eigenvalue weighted by Crippen LogP contribution is 2.17. The predicted molar refractivity (Wildman–Crippen MR) is 253 cm³/mol. The van der Waals surface area contributed by atoms with Crippen LogP contribution in [0.3, 0.4) is 0 Å². The standard InChI is InChI=1S/C53H103NO3/c1-3-5-7-9-11-13-14-15-16-17-18-19-20-21-22-23-24-25-26-27-28-29-30-31-32-33-34-35-36-37-38-39-41-43-45-47-49-53(57)54-51(50-55)52(56)48-46-44-42-40-12-10-8-6-4-2/h12,40,46,48,51-52,55-56H,3-11,13-39,41-45,47,49-50H2,1-2H3,(H,54,57)/b40-12+,48-46+. The summed E-state index contributed by atoms with van der Waals surface area (Å²) in [6, 6.07) is -0.633. The number of hydrogen-bond acceptors (Lipinski definition) is 3. The Morgan fingerprint density at radius 3 is 1.02 bits per heavy atom. The van der Waals surface area contributed by atoms with Gasteiger partial charge < -0.3 is 15.5 Å². The van der Waals surface area contributed by atoms with E-state index < -0.39 is 12.1 Å². The first kappa shape index (κ1) is 55.9. The Labute approximate surface area is 358 Å². The Bertz CT molecular complexity index is 825. The molecular weight excluding hydrogens is 699 g/mol. The quantitative estimate of drug-likeness (QED) is 0.0424. The summed E-state index contributed by atoms with van der Waals surface area (Å²) in [4.78, 5) is 12.4. The van der Waals surface area contributed by atoms with Gasteiger partial charge in [-0.15, -0.1) is 0 Å². The van der Waals surface area contributed by atoms with E-state index in [0.717, 1.165) is 32.1 Å². The molecule has 2 atom stereocenters. The molecule has 2 unspecified atom stereocenters. The molecule has 0 fully saturated rings. The summed E-state index contributed by atoms with van der Waals surface area (Å²) in [6.07, 6.45) is 65.0. The number of unbranched alkanes of at least 4 members (excludes halogenated alkanes) is 39. The summed E-state index contributed by atoms with van der Waals surface area (Å²) in [5, 5.41) is 22.9. The van der Waals surface area contributed by atoms with Crippen LogP contribution in [0.2, 0.25) is 0 Å². The zero-order valence-electron chi connectivity index (χ0n) is 38.9. The Morgan fingerprint density at radius 1 is 0.404 bits per heavy atom. The highest BCUT2D eigenvalue weighted by atomic mass is 16.3. The van der Waals surface area contributed by atoms with Gasteiger partial charge in [0.25, 0.3) is 0 Å². The molecule has 0 saturated carbocycles. The van der Waals surface area contributed by atoms with Gasteiger partial charge >= 0.3 is 0 Å². The number of aliphatic hydroxyl groups excluding tert-OH is 2. The van der Waals surface area contributed by atoms with E-state index >= 15 is 0 Å². The second-order valence-electron chi connectivity index (χ2n) is 17.9. The van der Waals surface area contributed by atoms with Gasteiger partial charge in [0.1, 0.15) is 0 Å². The van der Waals surface area contributed by atoms with E-state index in [9.17, 15) is 15.0 Å². The molecule has 0 aliphatic rings. The molecule has 4 heteroatoms. The summed E-state index contributed by atoms with van der Waals surface area (Å²) in [6.45, 7) is 4.27. The lowest BCUT2D eigenvalue weighted by Gasteiger charge is -2.19. The number of nitrogens with one attached hydrogen (secondary N) is 1. The summed E-state index contributed by atoms with van der Waals surface area (Å²) >= 11 is 0. The zero-order valence-corrected chi connectivity index (χ0v) is 38.9. The van der Waals surface area contributed by atoms with E-state index in [4.69, 9.17) is 0 Å². The van der Waals surface area contributed by atoms with E-state index in [1.807, 2.05) is 6.08 Å². The number of aliphatic hydroxyl groups is 2. The fraction of sp³-hybridized carbons (Fsp3) is 0.906. The predicted octanol–water partition coefficient (Wildman–Crippen LogP) is 16.8. The largest absolute Gasteiger partial charge is 0.394 e. The average molecular weight is 802 g/mol. The minimum Gasteiger partial charge on any atom is -0.394 e. The summed E-state index contributed by atoms with van der Waals surface area (Å²) < 4.78 is 0. The third-order valence-corrected chi connectivity index (χ3v) is 12.2. The Morgan fingerprint density at radius 2 is 0.684 bits per heavy atom. The van der Waals surface area contributed by atoms with Gasteiger partial charge in [-0.1, -0.05) is 276 Å². The van der Waals surface area contributed by atoms with Crippen LogP contribution in [0.15, 0.2) is 24.3 Å². The molecule has 0 radical (unpaired) electrons. The topological polar surface area (TPSA) is 69.6 Å². The molecule has 0 aliphatic heterocycles. The minimum absolute atomic E-state index is 0.0716. The molecule has 3 N–H and O–H groups in total. The number of allylic oxidation sites excluding steroid dienone is 3. The molecule has 4 nitrogen and oxygen atoms in total. The maximum atomic E-state index is 12.4. The second kappa shape index (κ2) is 49.2. The van der Waals surface area contributed by atoms with Crippen molar-refractivity contribution in [2.75, 3.05) is 6.61 Å². The molecule has 0 spiro atoms. The first-order valence-corrected chi connectivity index (χ1v) is 26.1. The average Bonchev–Trinajstić information content (AvgIpc) is 3.22. The number of amides is 1. The van der Waals surface area contributed by atoms with Crippen molar-refractivity contribution in [3.63, 3.8) is 0 Å². The summed E-state index contributed by atoms with van der Waals surface area (Å²) in [5.41, 5.74) is 0. The Kier molecular flexibility index (Phi) is 48.3. The lowest BCUT2D eigenvalue weighted by molar-refractivity contribution is -0.123. The highest BCUT2D eigenvalue weighted by Gasteiger charge is 2.17. The van der Waals surface area contributed by atoms with Gasteiger partial charge in [0, 0.05) is 6.42 Å². The maximum Gasteiger partial charge on any atom is 0.220 e. The van der Waals surface area contributed by atoms with Gasteiger partial charge in [0.05, 0.1) is 18.8 Å². The molecule has 0 aliphatic carbocycles. The minimum atomic E-state index is -0.856. The number of carbonyl (C=O) groups excluding carboxylic acids is 1. The van der Waals surface area contributed by atoms with Gasteiger partial charge in [0.15, 0.2) is 0 Å². The molecule has 0 aromatic carbocycles. The molecule has 0 heterocycles. The van der Waals surface area contributed by atoms with Crippen molar-refractivity contribution in [3.8, 4) is 0 Å². The molecule has 1 amide bonds. The molecule has 57 heavy (non-hydrogen) atoms. The van der Waals surface area contributed by atoms with E-state index in [1.165, 1.54) is 238 Å². The molecule has 338 valence electrons. The highest BCUT2D eigenvalue weighted by molar-refractivity contribution is 5.76. The van der Waals surface area contributed by atoms with E-state index in [0.29, 0.717) is 6.42 Å². The fourth-order valence-corrected chi connectivity index (χ4v) is 8.20. The van der Waals surface area contributed by atoms with Gasteiger partial charge in [-0.25, -0.2) is 0 Å². The molecule has 0 aromatic heterocycles. The normalized spacial score (nSPS) is 13.0. The lowest BCUT2D eigenvalue weighted by Crippen LogP contribution is -2.45. The van der Waals surface area contributed by atoms with Crippen molar-refractivity contribution in [2.45, 2.75) is 302 Å². The van der Waals surface area contributed by atoms with Crippen molar-refractivity contribution in [3.05, 3.63) is 24.3 Å². The Balaban J connectivity index is 3.33. The number of carbonyl (C=O) groups is 1. The van der Waals surface area contributed by atoms with Crippen LogP contribution in [-0.2, 0) is 4.79 Å². The van der Waals surface area contributed by atoms with Gasteiger partial charge in [-0.05, 0) is 32.1 Å². The smallest absolute Gasteiger partial charge is 0.220 e. The molecule has 0 aromatic rings. The molecule has 0 saturated heterocycles. The van der Waals surface area contributed by atoms with Crippen LogP contribution in [0.1, 0.15) is 290 Å². The summed E-state index contributed by atoms with van der Waals surface area (Å²) in [5.74, 6) is -0.0716. The Hall–Kier alpha value is -1.13. The van der Waals surface area contributed by atoms with Crippen molar-refractivity contribution in [2.24, 2.45) is 0 Å². The third-order valence-electron chi connectivity index (χ3n) is 12.2. The monoisotopic (exact) mass is 802 g/mol. The molecular formula is C53H103NO3. The van der Waals surface area contributed by atoms with Crippen LogP contribution in [0, 0.1) is 0 Å². The third kappa shape index (κ3) is 45.8. The van der Waals surface area contributed by atoms with Crippen LogP contribution in [-0.4, -0.2) is 34.9 Å². The van der Waals surface area contributed by atoms with Gasteiger partial charge in [0.2, 0.25) is 5.91 Å². The molecule has 0 rings (SSSR count). The number of hydrogen-bond donors (Lipinski definition) is 3. The van der Waals surface area contributed by atoms with E-state index in [-0.39, 0.29) is 12.5 Å². The van der Waals surface area contributed by atoms with E-state index in [1.54, 1.807) is 6.08 Å². The van der Waals surface area contributed by atoms with Crippen LogP contribution in [0.25, 0.3) is 0 Å². The first-order chi connectivity index (χ1) is 28.2. The van der Waals surface area contributed by atoms with Crippen molar-refractivity contribution in [1.29, 1.82) is 0 Å². The first-order valence-electron chi connectivity index (χ1n) is 26.1. The van der Waals surface area contributed by atoms with Crippen LogP contribution in [0.4, 0.5) is 0 Å². The van der Waals surface area contributed by atoms with Gasteiger partial charge in [-0.2, -0.15) is 0 Å². The van der Waals surface area contributed by atoms with Gasteiger partial charge in [-0.3, -0.25) is 4.79 Å². The lowest BCUT2D eigenvalue weighted by atomic mass is 10.0. The van der Waals surface area contributed by atoms with E-state index in [2.05, 4.69) is 31.3 Å². The van der Waals surface area contributed by atoms with Crippen molar-refractivity contribution < 1.29 is 15.0 Å². The maximum absolute atomic E-state index is 12.4. The second-order valence-corrected chi connectivity index (χ2v) is 17.9. The zero-order chi connectivity index (χ0) is 41.4. The fourth-order valence-electron chi connectivity index (χ4n) is 8.20. The van der Waals surface area contributed by atoms with Crippen LogP contribution < -0.4 is 5.32 Å². The summed E-state index contributed by atoms with van der Waals surface area (Å²) in [7, 11) is 0. The molecule has 0 bridgehead atoms. The van der Waals surface area contributed by atoms with Crippen LogP contribution in [0.5, 0.6) is 0 Å². The number of rotatable bonds is 48. The SMILES string of the molecule is CCCCC/C=C/CC/C=C/C(O)C(CO)NC(=O)CCCCCCCCCCCCCCCCCCCCCCCCCCCCCCCCCCCCCC. The van der Waals surface area contributed by atoms with Crippen LogP contribution >= 0.6 is 0 Å². The van der Waals surface area contributed by atoms with Crippen molar-refractivity contribution >= 4 is 5.91 Å².